The zero-order chi connectivity index (χ0) is 20.3. The van der Waals surface area contributed by atoms with Crippen LogP contribution in [0.3, 0.4) is 0 Å². The molecule has 0 radical (unpaired) electrons. The van der Waals surface area contributed by atoms with E-state index in [2.05, 4.69) is 0 Å². The van der Waals surface area contributed by atoms with Gasteiger partial charge >= 0.3 is 5.97 Å². The van der Waals surface area contributed by atoms with Crippen molar-refractivity contribution in [3.05, 3.63) is 46.8 Å². The summed E-state index contributed by atoms with van der Waals surface area (Å²) in [5.41, 5.74) is 3.29. The molecule has 2 aromatic rings. The fourth-order valence-corrected chi connectivity index (χ4v) is 3.12. The van der Waals surface area contributed by atoms with Gasteiger partial charge in [-0.2, -0.15) is 0 Å². The molecule has 0 N–H and O–H groups in total. The van der Waals surface area contributed by atoms with Crippen LogP contribution in [0.15, 0.2) is 24.3 Å². The van der Waals surface area contributed by atoms with Crippen molar-refractivity contribution in [2.75, 3.05) is 13.4 Å². The summed E-state index contributed by atoms with van der Waals surface area (Å²) < 4.78 is 17.8. The summed E-state index contributed by atoms with van der Waals surface area (Å²) in [6.07, 6.45) is 0.114. The molecule has 0 saturated carbocycles. The van der Waals surface area contributed by atoms with Crippen LogP contribution in [0.5, 0.6) is 11.5 Å². The number of benzene rings is 1. The van der Waals surface area contributed by atoms with Gasteiger partial charge in [0.15, 0.2) is 18.1 Å². The number of carbonyl (C=O) groups excluding carboxylic acids is 3. The zero-order valence-corrected chi connectivity index (χ0v) is 16.2. The highest BCUT2D eigenvalue weighted by molar-refractivity contribution is 5.99. The second kappa shape index (κ2) is 8.29. The van der Waals surface area contributed by atoms with Gasteiger partial charge in [0, 0.05) is 29.9 Å². The summed E-state index contributed by atoms with van der Waals surface area (Å²) in [6.45, 7) is 5.68. The second-order valence-electron chi connectivity index (χ2n) is 6.84. The largest absolute Gasteiger partial charge is 0.457 e. The molecule has 148 valence electrons. The minimum Gasteiger partial charge on any atom is -0.457 e. The molecule has 1 aliphatic heterocycles. The quantitative estimate of drug-likeness (QED) is 0.513. The third-order valence-corrected chi connectivity index (χ3v) is 4.70. The Balaban J connectivity index is 1.66. The van der Waals surface area contributed by atoms with E-state index in [0.29, 0.717) is 17.9 Å². The summed E-state index contributed by atoms with van der Waals surface area (Å²) >= 11 is 0. The minimum absolute atomic E-state index is 0.00819. The molecule has 0 saturated heterocycles. The summed E-state index contributed by atoms with van der Waals surface area (Å²) in [6, 6.07) is 7.57. The first-order valence-electron chi connectivity index (χ1n) is 9.08. The van der Waals surface area contributed by atoms with Gasteiger partial charge in [-0.1, -0.05) is 6.07 Å². The number of ether oxygens (including phenoxy) is 3. The number of nitrogens with zero attached hydrogens (tertiary/aromatic N) is 1. The van der Waals surface area contributed by atoms with Gasteiger partial charge in [-0.05, 0) is 44.5 Å². The predicted molar refractivity (Wildman–Crippen MR) is 101 cm³/mol. The van der Waals surface area contributed by atoms with Crippen LogP contribution in [0.2, 0.25) is 0 Å². The average molecular weight is 385 g/mol. The van der Waals surface area contributed by atoms with Gasteiger partial charge in [-0.3, -0.25) is 9.59 Å². The van der Waals surface area contributed by atoms with Gasteiger partial charge in [-0.25, -0.2) is 0 Å². The number of Topliss-reactive ketones (excluding diaryl/α,β-unsaturated/α-hetero) is 2. The Morgan fingerprint density at radius 3 is 2.57 bits per heavy atom. The van der Waals surface area contributed by atoms with Crippen molar-refractivity contribution in [2.24, 2.45) is 0 Å². The molecule has 1 aromatic heterocycles. The SMILES string of the molecule is CC(=O)CCC(=O)OCC(=O)c1cc(C)n(Cc2ccc3c(c2)OCO3)c1C. The van der Waals surface area contributed by atoms with Crippen LogP contribution in [0.25, 0.3) is 0 Å². The lowest BCUT2D eigenvalue weighted by Crippen LogP contribution is -2.15. The first kappa shape index (κ1) is 19.7. The van der Waals surface area contributed by atoms with Crippen LogP contribution < -0.4 is 9.47 Å². The van der Waals surface area contributed by atoms with Crippen molar-refractivity contribution in [1.82, 2.24) is 4.57 Å². The van der Waals surface area contributed by atoms with Gasteiger partial charge in [0.2, 0.25) is 12.6 Å². The second-order valence-corrected chi connectivity index (χ2v) is 6.84. The molecule has 0 spiro atoms. The van der Waals surface area contributed by atoms with E-state index in [-0.39, 0.29) is 37.8 Å². The van der Waals surface area contributed by atoms with Crippen LogP contribution in [0.1, 0.15) is 47.1 Å². The minimum atomic E-state index is -0.544. The van der Waals surface area contributed by atoms with E-state index in [0.717, 1.165) is 22.7 Å². The molecule has 7 nitrogen and oxygen atoms in total. The van der Waals surface area contributed by atoms with Crippen molar-refractivity contribution in [1.29, 1.82) is 0 Å². The summed E-state index contributed by atoms with van der Waals surface area (Å²) in [7, 11) is 0. The summed E-state index contributed by atoms with van der Waals surface area (Å²) in [4.78, 5) is 35.0. The number of esters is 1. The van der Waals surface area contributed by atoms with Gasteiger partial charge in [-0.15, -0.1) is 0 Å². The van der Waals surface area contributed by atoms with E-state index < -0.39 is 5.97 Å². The molecule has 0 aliphatic carbocycles. The van der Waals surface area contributed by atoms with Crippen molar-refractivity contribution < 1.29 is 28.6 Å². The molecule has 0 atom stereocenters. The fourth-order valence-electron chi connectivity index (χ4n) is 3.12. The molecule has 0 bridgehead atoms. The maximum Gasteiger partial charge on any atom is 0.306 e. The summed E-state index contributed by atoms with van der Waals surface area (Å²) in [5.74, 6) is 0.551. The number of hydrogen-bond acceptors (Lipinski definition) is 6. The van der Waals surface area contributed by atoms with Gasteiger partial charge < -0.3 is 23.6 Å². The number of fused-ring (bicyclic) bond motifs is 1. The Kier molecular flexibility index (Phi) is 5.82. The molecule has 28 heavy (non-hydrogen) atoms. The van der Waals surface area contributed by atoms with Crippen LogP contribution >= 0.6 is 0 Å². The Morgan fingerprint density at radius 1 is 1.07 bits per heavy atom. The molecule has 1 aliphatic rings. The van der Waals surface area contributed by atoms with Gasteiger partial charge in [0.25, 0.3) is 0 Å². The van der Waals surface area contributed by atoms with E-state index in [1.807, 2.05) is 36.6 Å². The molecule has 1 aromatic carbocycles. The highest BCUT2D eigenvalue weighted by atomic mass is 16.7. The maximum absolute atomic E-state index is 12.5. The average Bonchev–Trinajstić information content (AvgIpc) is 3.23. The van der Waals surface area contributed by atoms with Crippen LogP contribution in [-0.4, -0.2) is 35.5 Å². The lowest BCUT2D eigenvalue weighted by molar-refractivity contribution is -0.143. The highest BCUT2D eigenvalue weighted by Crippen LogP contribution is 2.33. The first-order chi connectivity index (χ1) is 13.3. The van der Waals surface area contributed by atoms with E-state index in [1.54, 1.807) is 6.07 Å². The zero-order valence-electron chi connectivity index (χ0n) is 16.2. The molecule has 7 heteroatoms. The molecule has 2 heterocycles. The van der Waals surface area contributed by atoms with Crippen molar-refractivity contribution in [3.63, 3.8) is 0 Å². The number of rotatable bonds is 8. The van der Waals surface area contributed by atoms with Crippen LogP contribution in [-0.2, 0) is 20.9 Å². The normalized spacial score (nSPS) is 12.1. The molecular weight excluding hydrogens is 362 g/mol. The number of aryl methyl sites for hydroxylation is 1. The lowest BCUT2D eigenvalue weighted by Gasteiger charge is -2.11. The van der Waals surface area contributed by atoms with Crippen molar-refractivity contribution in [2.45, 2.75) is 40.2 Å². The molecule has 0 unspecified atom stereocenters. The Labute approximate surface area is 163 Å². The number of hydrogen-bond donors (Lipinski definition) is 0. The Bertz CT molecular complexity index is 927. The fraction of sp³-hybridized carbons (Fsp3) is 0.381. The topological polar surface area (TPSA) is 83.8 Å². The van der Waals surface area contributed by atoms with Gasteiger partial charge in [0.05, 0.1) is 6.42 Å². The van der Waals surface area contributed by atoms with E-state index in [1.165, 1.54) is 6.92 Å². The van der Waals surface area contributed by atoms with E-state index >= 15 is 0 Å². The van der Waals surface area contributed by atoms with Crippen molar-refractivity contribution in [3.8, 4) is 11.5 Å². The standard InChI is InChI=1S/C21H23NO6/c1-13-8-17(18(24)11-26-21(25)7-4-14(2)23)15(3)22(13)10-16-5-6-19-20(9-16)28-12-27-19/h5-6,8-9H,4,7,10-12H2,1-3H3. The third-order valence-electron chi connectivity index (χ3n) is 4.70. The smallest absolute Gasteiger partial charge is 0.306 e. The summed E-state index contributed by atoms with van der Waals surface area (Å²) in [5, 5.41) is 0. The first-order valence-corrected chi connectivity index (χ1v) is 9.08. The number of ketones is 2. The Hall–Kier alpha value is -3.09. The highest BCUT2D eigenvalue weighted by Gasteiger charge is 2.19. The monoisotopic (exact) mass is 385 g/mol. The molecular formula is C21H23NO6. The lowest BCUT2D eigenvalue weighted by atomic mass is 10.1. The predicted octanol–water partition coefficient (Wildman–Crippen LogP) is 2.98. The molecule has 0 amide bonds. The van der Waals surface area contributed by atoms with Crippen LogP contribution in [0, 0.1) is 13.8 Å². The Morgan fingerprint density at radius 2 is 1.82 bits per heavy atom. The van der Waals surface area contributed by atoms with E-state index in [9.17, 15) is 14.4 Å². The number of carbonyl (C=O) groups is 3. The number of aromatic nitrogens is 1. The third kappa shape index (κ3) is 4.42. The van der Waals surface area contributed by atoms with Crippen molar-refractivity contribution >= 4 is 17.5 Å². The van der Waals surface area contributed by atoms with Crippen LogP contribution in [0.4, 0.5) is 0 Å². The van der Waals surface area contributed by atoms with E-state index in [4.69, 9.17) is 14.2 Å². The maximum atomic E-state index is 12.5. The van der Waals surface area contributed by atoms with Gasteiger partial charge in [0.1, 0.15) is 5.78 Å². The molecule has 0 fully saturated rings. The molecule has 3 rings (SSSR count).